The standard InChI is InChI=1S/C15H27N5/c1-3-13-14(16-4-2)18-12-19-15(13)17-8-11-20-9-6-5-7-10-20/h12H,3-11H2,1-2H3,(H2,16,17,18,19). The van der Waals surface area contributed by atoms with Gasteiger partial charge in [0, 0.05) is 25.2 Å². The Balaban J connectivity index is 1.89. The molecule has 5 heteroatoms. The summed E-state index contributed by atoms with van der Waals surface area (Å²) < 4.78 is 0. The summed E-state index contributed by atoms with van der Waals surface area (Å²) in [6.07, 6.45) is 6.66. The summed E-state index contributed by atoms with van der Waals surface area (Å²) in [6, 6.07) is 0. The van der Waals surface area contributed by atoms with Crippen LogP contribution in [0.2, 0.25) is 0 Å². The number of nitrogens with one attached hydrogen (secondary N) is 2. The fourth-order valence-electron chi connectivity index (χ4n) is 2.73. The third kappa shape index (κ3) is 4.07. The average Bonchev–Trinajstić information content (AvgIpc) is 2.49. The summed E-state index contributed by atoms with van der Waals surface area (Å²) in [5.74, 6) is 1.95. The normalized spacial score (nSPS) is 16.1. The molecule has 2 heterocycles. The zero-order valence-electron chi connectivity index (χ0n) is 12.8. The number of rotatable bonds is 7. The fourth-order valence-corrected chi connectivity index (χ4v) is 2.73. The molecule has 1 aliphatic rings. The average molecular weight is 277 g/mol. The second-order valence-corrected chi connectivity index (χ2v) is 5.26. The first-order valence-corrected chi connectivity index (χ1v) is 7.89. The minimum atomic E-state index is 0.886. The zero-order valence-corrected chi connectivity index (χ0v) is 12.8. The summed E-state index contributed by atoms with van der Waals surface area (Å²) in [5.41, 5.74) is 1.19. The maximum atomic E-state index is 4.39. The lowest BCUT2D eigenvalue weighted by Gasteiger charge is -2.26. The quantitative estimate of drug-likeness (QED) is 0.801. The second-order valence-electron chi connectivity index (χ2n) is 5.26. The Bertz CT molecular complexity index is 401. The Kier molecular flexibility index (Phi) is 6.05. The summed E-state index contributed by atoms with van der Waals surface area (Å²) in [7, 11) is 0. The van der Waals surface area contributed by atoms with Crippen LogP contribution < -0.4 is 10.6 Å². The summed E-state index contributed by atoms with van der Waals surface area (Å²) in [6.45, 7) is 9.67. The lowest BCUT2D eigenvalue weighted by Crippen LogP contribution is -2.33. The molecule has 1 fully saturated rings. The Morgan fingerprint density at radius 1 is 1.05 bits per heavy atom. The highest BCUT2D eigenvalue weighted by Crippen LogP contribution is 2.20. The number of hydrogen-bond acceptors (Lipinski definition) is 5. The molecule has 0 saturated carbocycles. The van der Waals surface area contributed by atoms with E-state index in [-0.39, 0.29) is 0 Å². The van der Waals surface area contributed by atoms with Crippen LogP contribution in [0.3, 0.4) is 0 Å². The van der Waals surface area contributed by atoms with Gasteiger partial charge in [-0.15, -0.1) is 0 Å². The van der Waals surface area contributed by atoms with E-state index in [0.29, 0.717) is 0 Å². The molecule has 1 aliphatic heterocycles. The maximum Gasteiger partial charge on any atom is 0.134 e. The van der Waals surface area contributed by atoms with Crippen LogP contribution in [0.5, 0.6) is 0 Å². The third-order valence-electron chi connectivity index (χ3n) is 3.81. The minimum absolute atomic E-state index is 0.886. The lowest BCUT2D eigenvalue weighted by molar-refractivity contribution is 0.237. The molecule has 1 aromatic rings. The molecule has 5 nitrogen and oxygen atoms in total. The largest absolute Gasteiger partial charge is 0.370 e. The van der Waals surface area contributed by atoms with E-state index >= 15 is 0 Å². The zero-order chi connectivity index (χ0) is 14.2. The monoisotopic (exact) mass is 277 g/mol. The molecule has 0 radical (unpaired) electrons. The molecule has 0 amide bonds. The van der Waals surface area contributed by atoms with E-state index in [1.165, 1.54) is 37.9 Å². The second kappa shape index (κ2) is 8.04. The molecule has 0 bridgehead atoms. The van der Waals surface area contributed by atoms with Gasteiger partial charge in [0.1, 0.15) is 18.0 Å². The fraction of sp³-hybridized carbons (Fsp3) is 0.733. The van der Waals surface area contributed by atoms with Crippen LogP contribution in [-0.4, -0.2) is 47.6 Å². The van der Waals surface area contributed by atoms with Crippen molar-refractivity contribution in [2.75, 3.05) is 43.4 Å². The number of likely N-dealkylation sites (tertiary alicyclic amines) is 1. The first kappa shape index (κ1) is 15.0. The van der Waals surface area contributed by atoms with Crippen LogP contribution >= 0.6 is 0 Å². The third-order valence-corrected chi connectivity index (χ3v) is 3.81. The molecule has 20 heavy (non-hydrogen) atoms. The van der Waals surface area contributed by atoms with E-state index in [0.717, 1.165) is 37.7 Å². The Labute approximate surface area is 122 Å². The molecule has 0 spiro atoms. The molecule has 0 atom stereocenters. The van der Waals surface area contributed by atoms with E-state index in [1.54, 1.807) is 6.33 Å². The van der Waals surface area contributed by atoms with Gasteiger partial charge in [0.2, 0.25) is 0 Å². The topological polar surface area (TPSA) is 53.1 Å². The number of aromatic nitrogens is 2. The van der Waals surface area contributed by atoms with Crippen molar-refractivity contribution >= 4 is 11.6 Å². The van der Waals surface area contributed by atoms with Gasteiger partial charge in [-0.05, 0) is 39.3 Å². The molecule has 2 rings (SSSR count). The van der Waals surface area contributed by atoms with Gasteiger partial charge in [-0.3, -0.25) is 0 Å². The highest BCUT2D eigenvalue weighted by atomic mass is 15.2. The van der Waals surface area contributed by atoms with Crippen LogP contribution in [0.15, 0.2) is 6.33 Å². The number of nitrogens with zero attached hydrogens (tertiary/aromatic N) is 3. The first-order valence-electron chi connectivity index (χ1n) is 7.89. The van der Waals surface area contributed by atoms with Gasteiger partial charge in [-0.2, -0.15) is 0 Å². The van der Waals surface area contributed by atoms with E-state index < -0.39 is 0 Å². The smallest absolute Gasteiger partial charge is 0.134 e. The molecular formula is C15H27N5. The van der Waals surface area contributed by atoms with Crippen molar-refractivity contribution in [2.24, 2.45) is 0 Å². The molecule has 1 saturated heterocycles. The first-order chi connectivity index (χ1) is 9.85. The van der Waals surface area contributed by atoms with Crippen molar-refractivity contribution in [2.45, 2.75) is 39.5 Å². The van der Waals surface area contributed by atoms with Gasteiger partial charge >= 0.3 is 0 Å². The summed E-state index contributed by atoms with van der Waals surface area (Å²) >= 11 is 0. The molecule has 0 unspecified atom stereocenters. The SMILES string of the molecule is CCNc1ncnc(NCCN2CCCCC2)c1CC. The van der Waals surface area contributed by atoms with E-state index in [9.17, 15) is 0 Å². The number of piperidine rings is 1. The van der Waals surface area contributed by atoms with Crippen molar-refractivity contribution in [1.29, 1.82) is 0 Å². The Hall–Kier alpha value is -1.36. The van der Waals surface area contributed by atoms with Gasteiger partial charge in [0.15, 0.2) is 0 Å². The predicted molar refractivity (Wildman–Crippen MR) is 84.4 cm³/mol. The highest BCUT2D eigenvalue weighted by Gasteiger charge is 2.11. The van der Waals surface area contributed by atoms with Crippen molar-refractivity contribution in [1.82, 2.24) is 14.9 Å². The molecule has 0 aliphatic carbocycles. The highest BCUT2D eigenvalue weighted by molar-refractivity contribution is 5.57. The van der Waals surface area contributed by atoms with Crippen molar-refractivity contribution in [3.8, 4) is 0 Å². The van der Waals surface area contributed by atoms with Crippen molar-refractivity contribution in [3.05, 3.63) is 11.9 Å². The summed E-state index contributed by atoms with van der Waals surface area (Å²) in [5, 5.41) is 6.78. The predicted octanol–water partition coefficient (Wildman–Crippen LogP) is 2.37. The van der Waals surface area contributed by atoms with Crippen LogP contribution in [-0.2, 0) is 6.42 Å². The Morgan fingerprint density at radius 2 is 1.75 bits per heavy atom. The molecule has 2 N–H and O–H groups in total. The van der Waals surface area contributed by atoms with Gasteiger partial charge in [0.25, 0.3) is 0 Å². The van der Waals surface area contributed by atoms with Crippen molar-refractivity contribution in [3.63, 3.8) is 0 Å². The van der Waals surface area contributed by atoms with E-state index in [1.807, 2.05) is 0 Å². The van der Waals surface area contributed by atoms with Gasteiger partial charge in [-0.25, -0.2) is 9.97 Å². The Morgan fingerprint density at radius 3 is 2.40 bits per heavy atom. The summed E-state index contributed by atoms with van der Waals surface area (Å²) in [4.78, 5) is 11.3. The minimum Gasteiger partial charge on any atom is -0.370 e. The molecular weight excluding hydrogens is 250 g/mol. The van der Waals surface area contributed by atoms with Crippen LogP contribution in [0.25, 0.3) is 0 Å². The van der Waals surface area contributed by atoms with E-state index in [2.05, 4.69) is 39.3 Å². The van der Waals surface area contributed by atoms with Crippen LogP contribution in [0.4, 0.5) is 11.6 Å². The molecule has 112 valence electrons. The number of anilines is 2. The molecule has 0 aromatic carbocycles. The van der Waals surface area contributed by atoms with Crippen LogP contribution in [0, 0.1) is 0 Å². The maximum absolute atomic E-state index is 4.39. The van der Waals surface area contributed by atoms with E-state index in [4.69, 9.17) is 0 Å². The van der Waals surface area contributed by atoms with Crippen molar-refractivity contribution < 1.29 is 0 Å². The van der Waals surface area contributed by atoms with Crippen LogP contribution in [0.1, 0.15) is 38.7 Å². The lowest BCUT2D eigenvalue weighted by atomic mass is 10.1. The molecule has 1 aromatic heterocycles. The van der Waals surface area contributed by atoms with Gasteiger partial charge in [-0.1, -0.05) is 13.3 Å². The van der Waals surface area contributed by atoms with Gasteiger partial charge in [0.05, 0.1) is 0 Å². The van der Waals surface area contributed by atoms with Gasteiger partial charge < -0.3 is 15.5 Å². The number of hydrogen-bond donors (Lipinski definition) is 2.